The summed E-state index contributed by atoms with van der Waals surface area (Å²) in [6, 6.07) is 4.10. The molecule has 0 unspecified atom stereocenters. The molecule has 3 fully saturated rings. The number of amides is 1. The van der Waals surface area contributed by atoms with Gasteiger partial charge in [0.15, 0.2) is 11.5 Å². The lowest BCUT2D eigenvalue weighted by Crippen LogP contribution is -2.45. The molecule has 0 radical (unpaired) electrons. The number of fused-ring (bicyclic) bond motifs is 5. The summed E-state index contributed by atoms with van der Waals surface area (Å²) < 4.78 is 10.8. The molecule has 5 rings (SSSR count). The van der Waals surface area contributed by atoms with Crippen LogP contribution in [0.5, 0.6) is 11.5 Å². The molecule has 2 bridgehead atoms. The fourth-order valence-corrected chi connectivity index (χ4v) is 3.91. The summed E-state index contributed by atoms with van der Waals surface area (Å²) in [5, 5.41) is 0.695. The zero-order valence-corrected chi connectivity index (χ0v) is 13.3. The molecule has 3 saturated heterocycles. The Morgan fingerprint density at radius 1 is 1.23 bits per heavy atom. The van der Waals surface area contributed by atoms with Gasteiger partial charge >= 0.3 is 0 Å². The fourth-order valence-electron chi connectivity index (χ4n) is 3.70. The normalized spacial score (nSPS) is 27.4. The summed E-state index contributed by atoms with van der Waals surface area (Å²) in [7, 11) is 1.93. The third-order valence-electron chi connectivity index (χ3n) is 4.98. The Kier molecular flexibility index (Phi) is 3.42. The molecule has 22 heavy (non-hydrogen) atoms. The maximum atomic E-state index is 12.3. The number of hydrogen-bond donors (Lipinski definition) is 0. The summed E-state index contributed by atoms with van der Waals surface area (Å²) in [4.78, 5) is 16.5. The summed E-state index contributed by atoms with van der Waals surface area (Å²) in [6.45, 7) is 2.71. The highest BCUT2D eigenvalue weighted by molar-refractivity contribution is 6.31. The van der Waals surface area contributed by atoms with E-state index in [-0.39, 0.29) is 18.6 Å². The van der Waals surface area contributed by atoms with E-state index in [1.807, 2.05) is 24.1 Å². The SMILES string of the molecule is CN1C(=O)[C@H]2CC[C@@H]1CN(Cc1cc3c(cc1Cl)OCO3)C2. The number of carbonyl (C=O) groups is 1. The van der Waals surface area contributed by atoms with E-state index in [4.69, 9.17) is 21.1 Å². The lowest BCUT2D eigenvalue weighted by atomic mass is 9.95. The Bertz CT molecular complexity index is 622. The van der Waals surface area contributed by atoms with Crippen molar-refractivity contribution in [3.8, 4) is 11.5 Å². The van der Waals surface area contributed by atoms with E-state index in [1.54, 1.807) is 0 Å². The van der Waals surface area contributed by atoms with E-state index in [9.17, 15) is 4.79 Å². The maximum absolute atomic E-state index is 12.3. The molecule has 1 amide bonds. The zero-order chi connectivity index (χ0) is 15.3. The van der Waals surface area contributed by atoms with Gasteiger partial charge in [0, 0.05) is 43.8 Å². The van der Waals surface area contributed by atoms with Crippen molar-refractivity contribution in [1.82, 2.24) is 9.80 Å². The third-order valence-corrected chi connectivity index (χ3v) is 5.33. The molecule has 0 N–H and O–H groups in total. The first kappa shape index (κ1) is 14.2. The van der Waals surface area contributed by atoms with Gasteiger partial charge in [-0.25, -0.2) is 0 Å². The second-order valence-corrected chi connectivity index (χ2v) is 6.78. The summed E-state index contributed by atoms with van der Waals surface area (Å²) in [5.41, 5.74) is 1.03. The van der Waals surface area contributed by atoms with E-state index in [2.05, 4.69) is 4.90 Å². The van der Waals surface area contributed by atoms with Crippen molar-refractivity contribution < 1.29 is 14.3 Å². The molecule has 1 aromatic carbocycles. The Morgan fingerprint density at radius 2 is 2.00 bits per heavy atom. The first-order chi connectivity index (χ1) is 10.6. The minimum absolute atomic E-state index is 0.122. The smallest absolute Gasteiger partial charge is 0.231 e. The van der Waals surface area contributed by atoms with Crippen LogP contribution in [0.3, 0.4) is 0 Å². The van der Waals surface area contributed by atoms with E-state index in [0.717, 1.165) is 43.8 Å². The van der Waals surface area contributed by atoms with Crippen molar-refractivity contribution in [1.29, 1.82) is 0 Å². The quantitative estimate of drug-likeness (QED) is 0.836. The molecule has 1 aromatic rings. The molecular formula is C16H19ClN2O3. The van der Waals surface area contributed by atoms with Gasteiger partial charge in [-0.05, 0) is 24.5 Å². The maximum Gasteiger partial charge on any atom is 0.231 e. The van der Waals surface area contributed by atoms with Crippen LogP contribution in [0.2, 0.25) is 5.02 Å². The topological polar surface area (TPSA) is 42.0 Å². The lowest BCUT2D eigenvalue weighted by Gasteiger charge is -2.32. The van der Waals surface area contributed by atoms with Gasteiger partial charge in [-0.3, -0.25) is 9.69 Å². The van der Waals surface area contributed by atoms with Crippen LogP contribution in [0.25, 0.3) is 0 Å². The molecule has 0 aromatic heterocycles. The van der Waals surface area contributed by atoms with Crippen molar-refractivity contribution in [3.05, 3.63) is 22.7 Å². The molecule has 0 saturated carbocycles. The first-order valence-electron chi connectivity index (χ1n) is 7.69. The Balaban J connectivity index is 1.56. The molecular weight excluding hydrogens is 304 g/mol. The van der Waals surface area contributed by atoms with Crippen LogP contribution in [0.4, 0.5) is 0 Å². The van der Waals surface area contributed by atoms with Crippen molar-refractivity contribution >= 4 is 17.5 Å². The molecule has 6 heteroatoms. The zero-order valence-electron chi connectivity index (χ0n) is 12.5. The molecule has 5 nitrogen and oxygen atoms in total. The number of halogens is 1. The van der Waals surface area contributed by atoms with Crippen LogP contribution in [-0.4, -0.2) is 48.7 Å². The average Bonchev–Trinajstić information content (AvgIpc) is 2.78. The molecule has 2 atom stereocenters. The molecule has 118 valence electrons. The van der Waals surface area contributed by atoms with Crippen molar-refractivity contribution in [2.75, 3.05) is 26.9 Å². The minimum Gasteiger partial charge on any atom is -0.454 e. The molecule has 0 spiro atoms. The molecule has 0 aliphatic carbocycles. The number of rotatable bonds is 2. The van der Waals surface area contributed by atoms with Gasteiger partial charge in [-0.1, -0.05) is 11.6 Å². The first-order valence-corrected chi connectivity index (χ1v) is 8.06. The van der Waals surface area contributed by atoms with Crippen LogP contribution in [-0.2, 0) is 11.3 Å². The Hall–Kier alpha value is -1.46. The lowest BCUT2D eigenvalue weighted by molar-refractivity contribution is -0.138. The minimum atomic E-state index is 0.122. The average molecular weight is 323 g/mol. The number of likely N-dealkylation sites (N-methyl/N-ethyl adjacent to an activating group) is 1. The number of piperidine rings is 1. The highest BCUT2D eigenvalue weighted by Gasteiger charge is 2.38. The number of carbonyl (C=O) groups excluding carboxylic acids is 1. The fraction of sp³-hybridized carbons (Fsp3) is 0.562. The van der Waals surface area contributed by atoms with Gasteiger partial charge in [0.05, 0.1) is 5.92 Å². The standard InChI is InChI=1S/C16H19ClN2O3/c1-18-12-3-2-10(16(18)20)6-19(8-12)7-11-4-14-15(5-13(11)17)22-9-21-14/h4-5,10,12H,2-3,6-9H2,1H3/t10-,12+/m0/s1. The van der Waals surface area contributed by atoms with Crippen LogP contribution >= 0.6 is 11.6 Å². The van der Waals surface area contributed by atoms with Crippen molar-refractivity contribution in [2.45, 2.75) is 25.4 Å². The number of benzene rings is 1. The summed E-state index contributed by atoms with van der Waals surface area (Å²) >= 11 is 6.37. The van der Waals surface area contributed by atoms with Gasteiger partial charge < -0.3 is 14.4 Å². The van der Waals surface area contributed by atoms with Gasteiger partial charge in [0.25, 0.3) is 0 Å². The molecule has 4 heterocycles. The van der Waals surface area contributed by atoms with Crippen LogP contribution in [0.1, 0.15) is 18.4 Å². The van der Waals surface area contributed by atoms with E-state index in [1.165, 1.54) is 0 Å². The Labute approximate surface area is 134 Å². The van der Waals surface area contributed by atoms with E-state index >= 15 is 0 Å². The van der Waals surface area contributed by atoms with Crippen LogP contribution in [0.15, 0.2) is 12.1 Å². The van der Waals surface area contributed by atoms with E-state index in [0.29, 0.717) is 16.8 Å². The van der Waals surface area contributed by atoms with Crippen molar-refractivity contribution in [2.24, 2.45) is 5.92 Å². The van der Waals surface area contributed by atoms with Gasteiger partial charge in [-0.15, -0.1) is 0 Å². The second kappa shape index (κ2) is 5.32. The van der Waals surface area contributed by atoms with Crippen molar-refractivity contribution in [3.63, 3.8) is 0 Å². The number of nitrogens with zero attached hydrogens (tertiary/aromatic N) is 2. The van der Waals surface area contributed by atoms with Crippen LogP contribution < -0.4 is 9.47 Å². The van der Waals surface area contributed by atoms with Gasteiger partial charge in [0.2, 0.25) is 12.7 Å². The third kappa shape index (κ3) is 2.32. The second-order valence-electron chi connectivity index (χ2n) is 6.37. The Morgan fingerprint density at radius 3 is 2.82 bits per heavy atom. The summed E-state index contributed by atoms with van der Waals surface area (Å²) in [5.74, 6) is 1.87. The molecule has 4 aliphatic rings. The number of hydrogen-bond acceptors (Lipinski definition) is 4. The molecule has 4 aliphatic heterocycles. The van der Waals surface area contributed by atoms with Crippen LogP contribution in [0, 0.1) is 5.92 Å². The summed E-state index contributed by atoms with van der Waals surface area (Å²) in [6.07, 6.45) is 2.09. The van der Waals surface area contributed by atoms with E-state index < -0.39 is 0 Å². The monoisotopic (exact) mass is 322 g/mol. The largest absolute Gasteiger partial charge is 0.454 e. The highest BCUT2D eigenvalue weighted by Crippen LogP contribution is 2.38. The number of ether oxygens (including phenoxy) is 2. The van der Waals surface area contributed by atoms with Gasteiger partial charge in [-0.2, -0.15) is 0 Å². The predicted octanol–water partition coefficient (Wildman–Crippen LogP) is 2.12. The van der Waals surface area contributed by atoms with Gasteiger partial charge in [0.1, 0.15) is 0 Å². The predicted molar refractivity (Wildman–Crippen MR) is 82.1 cm³/mol. The highest BCUT2D eigenvalue weighted by atomic mass is 35.5.